The van der Waals surface area contributed by atoms with Crippen molar-refractivity contribution in [3.63, 3.8) is 0 Å². The normalized spacial score (nSPS) is 19.9. The van der Waals surface area contributed by atoms with Gasteiger partial charge in [0.25, 0.3) is 0 Å². The molecule has 2 heteroatoms. The van der Waals surface area contributed by atoms with Crippen LogP contribution in [0.3, 0.4) is 0 Å². The van der Waals surface area contributed by atoms with Crippen molar-refractivity contribution >= 4 is 24.4 Å². The Balaban J connectivity index is 2.22. The first-order chi connectivity index (χ1) is 17.5. The summed E-state index contributed by atoms with van der Waals surface area (Å²) in [6.07, 6.45) is 13.2. The van der Waals surface area contributed by atoms with Crippen molar-refractivity contribution in [1.82, 2.24) is 0 Å². The molecule has 0 saturated heterocycles. The zero-order valence-corrected chi connectivity index (χ0v) is 24.9. The fraction of sp³-hybridized carbons (Fsp3) is 0.636. The second-order valence-corrected chi connectivity index (χ2v) is 13.5. The van der Waals surface area contributed by atoms with Gasteiger partial charge in [0.15, 0.2) is 0 Å². The topological polar surface area (TPSA) is 0 Å². The van der Waals surface area contributed by atoms with Crippen molar-refractivity contribution in [1.29, 1.82) is 2.56 Å². The van der Waals surface area contributed by atoms with Gasteiger partial charge in [-0.2, -0.15) is 0 Å². The Morgan fingerprint density at radius 2 is 1.11 bits per heavy atom. The van der Waals surface area contributed by atoms with Crippen LogP contribution in [-0.4, -0.2) is 2.56 Å². The van der Waals surface area contributed by atoms with Crippen LogP contribution in [0, 0.1) is 0 Å². The maximum absolute atomic E-state index is 8.70. The van der Waals surface area contributed by atoms with E-state index in [1.807, 2.05) is 12.1 Å². The van der Waals surface area contributed by atoms with Gasteiger partial charge in [0.05, 0.1) is 0 Å². The first-order valence-electron chi connectivity index (χ1n) is 15.6. The van der Waals surface area contributed by atoms with Crippen molar-refractivity contribution in [2.24, 2.45) is 0 Å². The Labute approximate surface area is 225 Å². The van der Waals surface area contributed by atoms with Crippen LogP contribution in [0.2, 0.25) is 0 Å². The van der Waals surface area contributed by atoms with Gasteiger partial charge in [-0.3, -0.25) is 0 Å². The van der Waals surface area contributed by atoms with Crippen molar-refractivity contribution in [2.45, 2.75) is 135 Å². The Morgan fingerprint density at radius 3 is 1.51 bits per heavy atom. The molecule has 0 heterocycles. The van der Waals surface area contributed by atoms with Crippen molar-refractivity contribution in [3.8, 4) is 11.1 Å². The van der Waals surface area contributed by atoms with E-state index in [0.29, 0.717) is 29.6 Å². The zero-order chi connectivity index (χ0) is 26.9. The fourth-order valence-corrected chi connectivity index (χ4v) is 8.37. The van der Waals surface area contributed by atoms with Gasteiger partial charge in [0.2, 0.25) is 0 Å². The summed E-state index contributed by atoms with van der Waals surface area (Å²) >= 11 is 6.61. The molecule has 2 fully saturated rings. The molecule has 0 spiro atoms. The van der Waals surface area contributed by atoms with Gasteiger partial charge >= 0.3 is 225 Å². The molecule has 0 aromatic heterocycles. The molecule has 2 aromatic carbocycles. The molecule has 194 valence electrons. The molecule has 2 saturated carbocycles. The molecule has 0 N–H and O–H groups in total. The molecule has 0 amide bonds. The fourth-order valence-electron chi connectivity index (χ4n) is 7.41. The van der Waals surface area contributed by atoms with Crippen LogP contribution in [0.15, 0.2) is 24.3 Å². The third kappa shape index (κ3) is 5.55. The minimum atomic E-state index is -3.55. The van der Waals surface area contributed by atoms with Crippen LogP contribution in [0.25, 0.3) is 11.1 Å². The van der Waals surface area contributed by atoms with E-state index >= 15 is 0 Å². The molecule has 0 nitrogen and oxygen atoms in total. The number of hydrogen-bond acceptors (Lipinski definition) is 0. The summed E-state index contributed by atoms with van der Waals surface area (Å²) < 4.78 is 17.4. The monoisotopic (exact) mass is 514 g/mol. The van der Waals surface area contributed by atoms with Crippen LogP contribution in [0.5, 0.6) is 0 Å². The van der Waals surface area contributed by atoms with E-state index in [1.165, 1.54) is 80.9 Å². The summed E-state index contributed by atoms with van der Waals surface area (Å²) in [5.41, 5.74) is 10.4. The van der Waals surface area contributed by atoms with E-state index in [9.17, 15) is 0 Å². The van der Waals surface area contributed by atoms with E-state index < -0.39 is 7.82 Å². The van der Waals surface area contributed by atoms with Crippen LogP contribution >= 0.6 is 19.1 Å². The standard InChI is InChI=1S/C33H50ClP/c1-21(2)28-31(24-15-9-7-10-16-24)29(22(3)4)33(26-19-13-14-20-27(26)35-34)30(23(5)6)32(28)25-17-11-8-12-18-25/h13-14,19-25H,7-12,15-18H2,1-6,35H3/i35D2. The maximum atomic E-state index is 8.70. The van der Waals surface area contributed by atoms with Gasteiger partial charge in [-0.1, -0.05) is 0 Å². The van der Waals surface area contributed by atoms with Crippen LogP contribution in [-0.2, 0) is 0 Å². The summed E-state index contributed by atoms with van der Waals surface area (Å²) in [6.45, 7) is 14.3. The second kappa shape index (κ2) is 12.1. The van der Waals surface area contributed by atoms with Gasteiger partial charge in [-0.05, 0) is 0 Å². The predicted octanol–water partition coefficient (Wildman–Crippen LogP) is 10.7. The Bertz CT molecular complexity index is 1020. The SMILES string of the molecule is [2H][PH]([2H])(Cl)c1ccccc1-c1c(C(C)C)c(C2CCCCC2)c(C(C)C)c(C2CCCCC2)c1C(C)C. The Morgan fingerprint density at radius 1 is 0.686 bits per heavy atom. The average Bonchev–Trinajstić information content (AvgIpc) is 2.87. The van der Waals surface area contributed by atoms with Gasteiger partial charge in [-0.25, -0.2) is 0 Å². The third-order valence-corrected chi connectivity index (χ3v) is 10.0. The van der Waals surface area contributed by atoms with Crippen LogP contribution < -0.4 is 5.30 Å². The molecule has 4 rings (SSSR count). The van der Waals surface area contributed by atoms with Gasteiger partial charge < -0.3 is 0 Å². The Kier molecular flexibility index (Phi) is 8.49. The average molecular weight is 515 g/mol. The summed E-state index contributed by atoms with van der Waals surface area (Å²) in [4.78, 5) is 0. The molecule has 35 heavy (non-hydrogen) atoms. The predicted molar refractivity (Wildman–Crippen MR) is 162 cm³/mol. The van der Waals surface area contributed by atoms with E-state index in [-0.39, 0.29) is 0 Å². The molecule has 0 bridgehead atoms. The number of rotatable bonds is 7. The molecule has 2 aliphatic carbocycles. The Hall–Kier alpha value is -0.840. The van der Waals surface area contributed by atoms with Crippen molar-refractivity contribution in [3.05, 3.63) is 52.1 Å². The third-order valence-electron chi connectivity index (χ3n) is 8.76. The first kappa shape index (κ1) is 24.5. The number of benzene rings is 2. The van der Waals surface area contributed by atoms with E-state index in [2.05, 4.69) is 53.7 Å². The van der Waals surface area contributed by atoms with Crippen molar-refractivity contribution in [2.75, 3.05) is 0 Å². The quantitative estimate of drug-likeness (QED) is 0.322. The van der Waals surface area contributed by atoms with E-state index in [0.717, 1.165) is 10.9 Å². The summed E-state index contributed by atoms with van der Waals surface area (Å²) in [5.74, 6) is 2.46. The molecule has 2 aromatic rings. The van der Waals surface area contributed by atoms with Crippen LogP contribution in [0.1, 0.15) is 163 Å². The summed E-state index contributed by atoms with van der Waals surface area (Å²) in [5, 5.41) is 0.752. The summed E-state index contributed by atoms with van der Waals surface area (Å²) in [6, 6.07) is 8.23. The molecular formula is C33H50ClP. The number of halogens is 1. The summed E-state index contributed by atoms with van der Waals surface area (Å²) in [7, 11) is -3.55. The molecule has 0 unspecified atom stereocenters. The molecule has 0 atom stereocenters. The van der Waals surface area contributed by atoms with E-state index in [1.54, 1.807) is 16.7 Å². The van der Waals surface area contributed by atoms with Gasteiger partial charge in [0, 0.05) is 0 Å². The second-order valence-electron chi connectivity index (χ2n) is 12.2. The molecule has 2 aliphatic rings. The first-order valence-corrected chi connectivity index (χ1v) is 16.6. The van der Waals surface area contributed by atoms with Crippen molar-refractivity contribution < 1.29 is 0 Å². The van der Waals surface area contributed by atoms with Crippen LogP contribution in [0.4, 0.5) is 0 Å². The van der Waals surface area contributed by atoms with E-state index in [4.69, 9.17) is 13.8 Å². The van der Waals surface area contributed by atoms with Gasteiger partial charge in [0.1, 0.15) is 0 Å². The number of hydrogen-bond donors (Lipinski definition) is 0. The zero-order valence-electron chi connectivity index (χ0n) is 25.1. The minimum absolute atomic E-state index is 0.373. The molecule has 0 radical (unpaired) electrons. The van der Waals surface area contributed by atoms with Gasteiger partial charge in [-0.15, -0.1) is 0 Å². The molecular weight excluding hydrogens is 463 g/mol. The molecule has 0 aliphatic heterocycles.